The predicted molar refractivity (Wildman–Crippen MR) is 136 cm³/mol. The number of Topliss-reactive ketones (excluding diaryl/α,β-unsaturated/α-hetero) is 1. The van der Waals surface area contributed by atoms with Gasteiger partial charge in [-0.2, -0.15) is 0 Å². The van der Waals surface area contributed by atoms with Gasteiger partial charge in [-0.15, -0.1) is 11.6 Å². The Kier molecular flexibility index (Phi) is 12.8. The van der Waals surface area contributed by atoms with Crippen molar-refractivity contribution in [1.29, 1.82) is 0 Å². The lowest BCUT2D eigenvalue weighted by Crippen LogP contribution is -2.78. The monoisotopic (exact) mass is 518 g/mol. The standard InChI is InChI=1S/C25H32ClN5O5/c26-14-22(32)21(17-35-15-18-8-3-1-4-9-18)30-23(33)20(12-7-13-29-24(27)28)31-25(34)36-16-19-10-5-2-6-11-19/h1-6,8-11,20-21H,7,12-17H2,(H,30,33)(H,31,34)(H4,27,28,29)/p+1/t20-,21-/m0/s1. The highest BCUT2D eigenvalue weighted by Crippen LogP contribution is 2.05. The van der Waals surface area contributed by atoms with Crippen LogP contribution in [-0.2, 0) is 32.3 Å². The van der Waals surface area contributed by atoms with Crippen LogP contribution in [0.2, 0.25) is 0 Å². The average molecular weight is 519 g/mol. The number of alkyl carbamates (subject to hydrolysis) is 1. The van der Waals surface area contributed by atoms with E-state index in [0.717, 1.165) is 11.1 Å². The molecule has 2 rings (SSSR count). The lowest BCUT2D eigenvalue weighted by atomic mass is 10.1. The Morgan fingerprint density at radius 3 is 2.08 bits per heavy atom. The molecule has 0 aliphatic heterocycles. The molecule has 2 amide bonds. The first-order chi connectivity index (χ1) is 17.4. The van der Waals surface area contributed by atoms with Crippen molar-refractivity contribution in [2.45, 2.75) is 38.1 Å². The Hall–Kier alpha value is -3.63. The van der Waals surface area contributed by atoms with Crippen LogP contribution >= 0.6 is 11.6 Å². The van der Waals surface area contributed by atoms with Gasteiger partial charge in [-0.05, 0) is 24.0 Å². The second-order valence-electron chi connectivity index (χ2n) is 7.94. The molecule has 0 aromatic heterocycles. The van der Waals surface area contributed by atoms with Crippen molar-refractivity contribution < 1.29 is 28.8 Å². The van der Waals surface area contributed by atoms with Crippen LogP contribution < -0.4 is 27.1 Å². The number of alkyl halides is 1. The minimum Gasteiger partial charge on any atom is -0.445 e. The molecule has 0 aliphatic rings. The minimum atomic E-state index is -0.978. The van der Waals surface area contributed by atoms with Gasteiger partial charge in [0.25, 0.3) is 0 Å². The first-order valence-corrected chi connectivity index (χ1v) is 12.0. The van der Waals surface area contributed by atoms with Crippen LogP contribution in [0.15, 0.2) is 60.7 Å². The van der Waals surface area contributed by atoms with Gasteiger partial charge < -0.3 is 20.1 Å². The van der Waals surface area contributed by atoms with E-state index in [2.05, 4.69) is 15.6 Å². The topological polar surface area (TPSA) is 160 Å². The van der Waals surface area contributed by atoms with Crippen molar-refractivity contribution in [3.63, 3.8) is 0 Å². The van der Waals surface area contributed by atoms with Crippen molar-refractivity contribution in [1.82, 2.24) is 10.6 Å². The van der Waals surface area contributed by atoms with E-state index in [-0.39, 0.29) is 38.1 Å². The lowest BCUT2D eigenvalue weighted by Gasteiger charge is -2.22. The van der Waals surface area contributed by atoms with Gasteiger partial charge in [-0.1, -0.05) is 60.7 Å². The van der Waals surface area contributed by atoms with Crippen LogP contribution in [0.25, 0.3) is 0 Å². The fraction of sp³-hybridized carbons (Fsp3) is 0.360. The molecule has 2 aromatic rings. The zero-order chi connectivity index (χ0) is 26.2. The van der Waals surface area contributed by atoms with Crippen LogP contribution in [0, 0.1) is 0 Å². The zero-order valence-corrected chi connectivity index (χ0v) is 20.7. The number of rotatable bonds is 15. The first kappa shape index (κ1) is 28.6. The molecule has 194 valence electrons. The Balaban J connectivity index is 1.98. The summed E-state index contributed by atoms with van der Waals surface area (Å²) in [5, 5.41) is 5.20. The number of halogens is 1. The maximum Gasteiger partial charge on any atom is 0.408 e. The number of benzene rings is 2. The van der Waals surface area contributed by atoms with E-state index in [1.54, 1.807) is 0 Å². The number of carbonyl (C=O) groups is 3. The molecular formula is C25H33ClN5O5+. The second kappa shape index (κ2) is 16.1. The number of hydrogen-bond donors (Lipinski definition) is 5. The number of guanidine groups is 1. The number of ether oxygens (including phenoxy) is 2. The Labute approximate surface area is 215 Å². The van der Waals surface area contributed by atoms with Crippen LogP contribution in [0.5, 0.6) is 0 Å². The molecular weight excluding hydrogens is 486 g/mol. The molecule has 7 N–H and O–H groups in total. The van der Waals surface area contributed by atoms with Crippen molar-refractivity contribution in [3.8, 4) is 0 Å². The van der Waals surface area contributed by atoms with Gasteiger partial charge in [0.05, 0.1) is 25.6 Å². The zero-order valence-electron chi connectivity index (χ0n) is 20.0. The minimum absolute atomic E-state index is 0.0436. The fourth-order valence-corrected chi connectivity index (χ4v) is 3.35. The fourth-order valence-electron chi connectivity index (χ4n) is 3.16. The van der Waals surface area contributed by atoms with E-state index in [0.29, 0.717) is 13.0 Å². The largest absolute Gasteiger partial charge is 0.445 e. The Morgan fingerprint density at radius 1 is 0.889 bits per heavy atom. The summed E-state index contributed by atoms with van der Waals surface area (Å²) in [5.41, 5.74) is 12.5. The van der Waals surface area contributed by atoms with Crippen LogP contribution in [0.4, 0.5) is 4.79 Å². The second-order valence-corrected chi connectivity index (χ2v) is 8.21. The van der Waals surface area contributed by atoms with Crippen LogP contribution in [0.1, 0.15) is 24.0 Å². The van der Waals surface area contributed by atoms with Crippen molar-refractivity contribution in [2.24, 2.45) is 11.5 Å². The molecule has 0 aliphatic carbocycles. The van der Waals surface area contributed by atoms with Gasteiger partial charge in [0.15, 0.2) is 5.78 Å². The van der Waals surface area contributed by atoms with E-state index in [1.807, 2.05) is 60.7 Å². The van der Waals surface area contributed by atoms with Gasteiger partial charge in [0.1, 0.15) is 18.7 Å². The van der Waals surface area contributed by atoms with E-state index in [9.17, 15) is 14.4 Å². The summed E-state index contributed by atoms with van der Waals surface area (Å²) in [6.45, 7) is 0.621. The summed E-state index contributed by atoms with van der Waals surface area (Å²) < 4.78 is 10.9. The molecule has 0 radical (unpaired) electrons. The molecule has 0 saturated heterocycles. The third-order valence-electron chi connectivity index (χ3n) is 5.05. The predicted octanol–water partition coefficient (Wildman–Crippen LogP) is -0.0749. The van der Waals surface area contributed by atoms with Crippen molar-refractivity contribution >= 4 is 35.3 Å². The van der Waals surface area contributed by atoms with E-state index < -0.39 is 29.9 Å². The molecule has 0 fully saturated rings. The summed E-state index contributed by atoms with van der Waals surface area (Å²) >= 11 is 5.74. The summed E-state index contributed by atoms with van der Waals surface area (Å²) in [6.07, 6.45) is -0.0790. The van der Waals surface area contributed by atoms with Crippen molar-refractivity contribution in [2.75, 3.05) is 19.0 Å². The van der Waals surface area contributed by atoms with Crippen LogP contribution in [0.3, 0.4) is 0 Å². The molecule has 0 saturated carbocycles. The maximum absolute atomic E-state index is 13.0. The van der Waals surface area contributed by atoms with Crippen molar-refractivity contribution in [3.05, 3.63) is 71.8 Å². The van der Waals surface area contributed by atoms with Crippen LogP contribution in [-0.4, -0.2) is 54.9 Å². The van der Waals surface area contributed by atoms with Gasteiger partial charge >= 0.3 is 12.1 Å². The molecule has 0 unspecified atom stereocenters. The van der Waals surface area contributed by atoms with Gasteiger partial charge in [0, 0.05) is 0 Å². The van der Waals surface area contributed by atoms with Gasteiger partial charge in [-0.3, -0.25) is 26.0 Å². The first-order valence-electron chi connectivity index (χ1n) is 11.5. The number of nitrogens with one attached hydrogen (secondary N) is 3. The number of amides is 2. The molecule has 2 atom stereocenters. The average Bonchev–Trinajstić information content (AvgIpc) is 2.89. The summed E-state index contributed by atoms with van der Waals surface area (Å²) in [7, 11) is 0. The number of ketones is 1. The molecule has 0 spiro atoms. The highest BCUT2D eigenvalue weighted by Gasteiger charge is 2.27. The molecule has 36 heavy (non-hydrogen) atoms. The third-order valence-corrected chi connectivity index (χ3v) is 5.32. The highest BCUT2D eigenvalue weighted by molar-refractivity contribution is 6.28. The quantitative estimate of drug-likeness (QED) is 0.0954. The Bertz CT molecular complexity index is 987. The smallest absolute Gasteiger partial charge is 0.408 e. The Morgan fingerprint density at radius 2 is 1.50 bits per heavy atom. The van der Waals surface area contributed by atoms with Gasteiger partial charge in [-0.25, -0.2) is 4.79 Å². The van der Waals surface area contributed by atoms with E-state index >= 15 is 0 Å². The number of nitrogens with two attached hydrogens (primary N) is 2. The van der Waals surface area contributed by atoms with E-state index in [1.165, 1.54) is 0 Å². The van der Waals surface area contributed by atoms with Gasteiger partial charge in [0.2, 0.25) is 5.91 Å². The third kappa shape index (κ3) is 11.2. The number of hydrogen-bond acceptors (Lipinski definition) is 5. The summed E-state index contributed by atoms with van der Waals surface area (Å²) in [6, 6.07) is 16.6. The molecule has 0 bridgehead atoms. The SMILES string of the molecule is NC(N)=[NH+]CCC[C@H](NC(=O)OCc1ccccc1)C(=O)N[C@@H](COCc1ccccc1)C(=O)CCl. The summed E-state index contributed by atoms with van der Waals surface area (Å²) in [5.74, 6) is -1.22. The molecule has 0 heterocycles. The molecule has 10 nitrogen and oxygen atoms in total. The number of carbonyl (C=O) groups excluding carboxylic acids is 3. The maximum atomic E-state index is 13.0. The lowest BCUT2D eigenvalue weighted by molar-refractivity contribution is -0.459. The molecule has 11 heteroatoms. The highest BCUT2D eigenvalue weighted by atomic mass is 35.5. The summed E-state index contributed by atoms with van der Waals surface area (Å²) in [4.78, 5) is 40.5. The van der Waals surface area contributed by atoms with E-state index in [4.69, 9.17) is 32.5 Å². The molecule has 2 aromatic carbocycles. The normalized spacial score (nSPS) is 12.1.